The molecule has 0 rings (SSSR count). The van der Waals surface area contributed by atoms with Crippen molar-refractivity contribution in [3.8, 4) is 0 Å². The lowest BCUT2D eigenvalue weighted by Crippen LogP contribution is -2.56. The van der Waals surface area contributed by atoms with Crippen molar-refractivity contribution in [3.05, 3.63) is 0 Å². The SMILES string of the molecule is CC(C)(C)C(F)(F)C(F)(F)C(C)(C)C.CC(C)(C)CC(F)(F)COC(F)(F)COC(F)(F)CNC(C)(C)C. The van der Waals surface area contributed by atoms with Crippen molar-refractivity contribution >= 4 is 0 Å². The second-order valence-corrected chi connectivity index (χ2v) is 13.7. The summed E-state index contributed by atoms with van der Waals surface area (Å²) in [5.41, 5.74) is -4.96. The predicted octanol–water partition coefficient (Wildman–Crippen LogP) is 9.01. The molecule has 0 saturated heterocycles. The van der Waals surface area contributed by atoms with Crippen molar-refractivity contribution in [3.63, 3.8) is 0 Å². The van der Waals surface area contributed by atoms with Crippen LogP contribution in [0.5, 0.6) is 0 Å². The van der Waals surface area contributed by atoms with Crippen LogP contribution >= 0.6 is 0 Å². The average Bonchev–Trinajstić information content (AvgIpc) is 2.60. The summed E-state index contributed by atoms with van der Waals surface area (Å²) in [5, 5.41) is 2.40. The molecule has 3 nitrogen and oxygen atoms in total. The summed E-state index contributed by atoms with van der Waals surface area (Å²) in [4.78, 5) is 0. The summed E-state index contributed by atoms with van der Waals surface area (Å²) in [5.74, 6) is -11.5. The summed E-state index contributed by atoms with van der Waals surface area (Å²) < 4.78 is 142. The molecule has 0 aliphatic carbocycles. The first kappa shape index (κ1) is 39.3. The van der Waals surface area contributed by atoms with Crippen molar-refractivity contribution in [1.82, 2.24) is 5.32 Å². The third-order valence-electron chi connectivity index (χ3n) is 4.84. The van der Waals surface area contributed by atoms with Gasteiger partial charge in [-0.25, -0.2) is 8.78 Å². The lowest BCUT2D eigenvalue weighted by Gasteiger charge is -2.42. The van der Waals surface area contributed by atoms with Crippen LogP contribution in [0.25, 0.3) is 0 Å². The molecule has 0 aliphatic rings. The fourth-order valence-corrected chi connectivity index (χ4v) is 2.63. The number of alkyl halides is 10. The van der Waals surface area contributed by atoms with Gasteiger partial charge in [-0.3, -0.25) is 0 Å². The van der Waals surface area contributed by atoms with E-state index >= 15 is 0 Å². The van der Waals surface area contributed by atoms with Gasteiger partial charge in [0, 0.05) is 22.8 Å². The van der Waals surface area contributed by atoms with E-state index in [0.29, 0.717) is 0 Å². The molecule has 0 aromatic rings. The van der Waals surface area contributed by atoms with Gasteiger partial charge < -0.3 is 14.8 Å². The largest absolute Gasteiger partial charge is 0.379 e. The molecule has 0 fully saturated rings. The first-order chi connectivity index (χ1) is 16.1. The maximum absolute atomic E-state index is 13.5. The van der Waals surface area contributed by atoms with E-state index in [9.17, 15) is 43.9 Å². The molecule has 0 unspecified atom stereocenters. The summed E-state index contributed by atoms with van der Waals surface area (Å²) in [7, 11) is 0. The second kappa shape index (κ2) is 12.4. The van der Waals surface area contributed by atoms with E-state index in [0.717, 1.165) is 41.5 Å². The molecule has 0 atom stereocenters. The third kappa shape index (κ3) is 14.5. The fraction of sp³-hybridized carbons (Fsp3) is 1.00. The van der Waals surface area contributed by atoms with Crippen molar-refractivity contribution in [1.29, 1.82) is 0 Å². The van der Waals surface area contributed by atoms with Crippen molar-refractivity contribution < 1.29 is 53.4 Å². The maximum Gasteiger partial charge on any atom is 0.379 e. The smallest absolute Gasteiger partial charge is 0.312 e. The van der Waals surface area contributed by atoms with Gasteiger partial charge in [-0.2, -0.15) is 35.1 Å². The Balaban J connectivity index is 0. The molecule has 38 heavy (non-hydrogen) atoms. The zero-order chi connectivity index (χ0) is 31.4. The number of halogens is 10. The molecule has 0 aromatic heterocycles. The first-order valence-electron chi connectivity index (χ1n) is 12.0. The zero-order valence-corrected chi connectivity index (χ0v) is 24.4. The monoisotopic (exact) mass is 581 g/mol. The maximum atomic E-state index is 13.5. The second-order valence-electron chi connectivity index (χ2n) is 13.7. The molecule has 0 radical (unpaired) electrons. The van der Waals surface area contributed by atoms with Crippen LogP contribution in [0, 0.1) is 16.2 Å². The highest BCUT2D eigenvalue weighted by atomic mass is 19.3. The summed E-state index contributed by atoms with van der Waals surface area (Å²) in [6, 6.07) is 0. The van der Waals surface area contributed by atoms with Gasteiger partial charge in [-0.15, -0.1) is 0 Å². The Hall–Kier alpha value is -0.820. The van der Waals surface area contributed by atoms with E-state index in [1.807, 2.05) is 0 Å². The van der Waals surface area contributed by atoms with Gasteiger partial charge in [0.2, 0.25) is 0 Å². The number of nitrogens with one attached hydrogen (secondary N) is 1. The van der Waals surface area contributed by atoms with Crippen LogP contribution in [0.4, 0.5) is 43.9 Å². The molecule has 232 valence electrons. The summed E-state index contributed by atoms with van der Waals surface area (Å²) >= 11 is 0. The molecule has 0 aliphatic heterocycles. The van der Waals surface area contributed by atoms with E-state index < -0.39 is 77.9 Å². The standard InChI is InChI=1S/C15H27F6NO2.C10H18F4/c1-11(2,3)7-13(16,17)9-23-15(20,21)10-24-14(18,19)8-22-12(4,5)6;1-7(2,3)9(11,12)10(13,14)8(4,5)6/h22H,7-10H2,1-6H3;1-6H3. The number of rotatable bonds is 10. The Kier molecular flexibility index (Phi) is 12.8. The Morgan fingerprint density at radius 3 is 1.13 bits per heavy atom. The molecular formula is C25H45F10NO2. The Morgan fingerprint density at radius 1 is 0.500 bits per heavy atom. The molecule has 13 heteroatoms. The van der Waals surface area contributed by atoms with Crippen LogP contribution < -0.4 is 5.32 Å². The van der Waals surface area contributed by atoms with Gasteiger partial charge in [0.05, 0.1) is 6.54 Å². The van der Waals surface area contributed by atoms with Gasteiger partial charge in [-0.05, 0) is 26.2 Å². The van der Waals surface area contributed by atoms with E-state index in [1.165, 1.54) is 20.8 Å². The van der Waals surface area contributed by atoms with E-state index in [1.54, 1.807) is 20.8 Å². The topological polar surface area (TPSA) is 30.5 Å². The van der Waals surface area contributed by atoms with Crippen molar-refractivity contribution in [2.75, 3.05) is 19.8 Å². The van der Waals surface area contributed by atoms with Crippen LogP contribution in [0.1, 0.15) is 89.5 Å². The lowest BCUT2D eigenvalue weighted by molar-refractivity contribution is -0.332. The van der Waals surface area contributed by atoms with Crippen LogP contribution in [0.15, 0.2) is 0 Å². The molecule has 0 spiro atoms. The third-order valence-corrected chi connectivity index (χ3v) is 4.84. The fourth-order valence-electron chi connectivity index (χ4n) is 2.63. The highest BCUT2D eigenvalue weighted by molar-refractivity contribution is 5.00. The highest BCUT2D eigenvalue weighted by Crippen LogP contribution is 2.54. The van der Waals surface area contributed by atoms with E-state index in [4.69, 9.17) is 0 Å². The quantitative estimate of drug-likeness (QED) is 0.261. The minimum Gasteiger partial charge on any atom is -0.312 e. The summed E-state index contributed by atoms with van der Waals surface area (Å²) in [6.07, 6.45) is -8.80. The van der Waals surface area contributed by atoms with Gasteiger partial charge in [0.15, 0.2) is 0 Å². The average molecular weight is 582 g/mol. The van der Waals surface area contributed by atoms with Gasteiger partial charge in [0.1, 0.15) is 13.2 Å². The Morgan fingerprint density at radius 2 is 0.842 bits per heavy atom. The van der Waals surface area contributed by atoms with Crippen LogP contribution in [0.3, 0.4) is 0 Å². The Labute approximate surface area is 220 Å². The predicted molar refractivity (Wildman–Crippen MR) is 127 cm³/mol. The minimum absolute atomic E-state index is 0.666. The molecule has 0 saturated carbocycles. The number of ether oxygens (including phenoxy) is 2. The van der Waals surface area contributed by atoms with Crippen molar-refractivity contribution in [2.24, 2.45) is 16.2 Å². The zero-order valence-electron chi connectivity index (χ0n) is 24.4. The van der Waals surface area contributed by atoms with Gasteiger partial charge >= 0.3 is 24.1 Å². The first-order valence-corrected chi connectivity index (χ1v) is 12.0. The molecule has 0 heterocycles. The molecular weight excluding hydrogens is 536 g/mol. The van der Waals surface area contributed by atoms with E-state index in [2.05, 4.69) is 14.8 Å². The van der Waals surface area contributed by atoms with Crippen LogP contribution in [-0.2, 0) is 9.47 Å². The molecule has 0 bridgehead atoms. The highest BCUT2D eigenvalue weighted by Gasteiger charge is 2.67. The van der Waals surface area contributed by atoms with E-state index in [-0.39, 0.29) is 0 Å². The number of hydrogen-bond acceptors (Lipinski definition) is 3. The Bertz CT molecular complexity index is 690. The lowest BCUT2D eigenvalue weighted by atomic mass is 9.74. The van der Waals surface area contributed by atoms with Crippen molar-refractivity contribution in [2.45, 2.75) is 125 Å². The van der Waals surface area contributed by atoms with Gasteiger partial charge in [-0.1, -0.05) is 62.3 Å². The molecule has 0 amide bonds. The minimum atomic E-state index is -4.24. The summed E-state index contributed by atoms with van der Waals surface area (Å²) in [6.45, 7) is 11.7. The van der Waals surface area contributed by atoms with Gasteiger partial charge in [0.25, 0.3) is 5.92 Å². The molecule has 0 aromatic carbocycles. The molecule has 1 N–H and O–H groups in total. The van der Waals surface area contributed by atoms with Crippen LogP contribution in [-0.4, -0.2) is 55.3 Å². The normalized spacial score (nSPS) is 15.3. The van der Waals surface area contributed by atoms with Crippen LogP contribution in [0.2, 0.25) is 0 Å². The number of hydrogen-bond donors (Lipinski definition) is 1.